The van der Waals surface area contributed by atoms with Gasteiger partial charge in [-0.1, -0.05) is 12.1 Å². The van der Waals surface area contributed by atoms with Gasteiger partial charge in [0.2, 0.25) is 5.91 Å². The molecule has 2 N–H and O–H groups in total. The Morgan fingerprint density at radius 3 is 2.66 bits per heavy atom. The van der Waals surface area contributed by atoms with Gasteiger partial charge in [-0.3, -0.25) is 19.8 Å². The molecule has 150 valence electrons. The van der Waals surface area contributed by atoms with E-state index in [1.165, 1.54) is 7.11 Å². The summed E-state index contributed by atoms with van der Waals surface area (Å²) < 4.78 is 16.1. The van der Waals surface area contributed by atoms with Gasteiger partial charge >= 0.3 is 0 Å². The highest BCUT2D eigenvalue weighted by Gasteiger charge is 2.40. The predicted octanol–water partition coefficient (Wildman–Crippen LogP) is 1.03. The number of hydrazine groups is 1. The molecule has 2 heterocycles. The molecule has 2 aliphatic heterocycles. The summed E-state index contributed by atoms with van der Waals surface area (Å²) in [5.74, 6) is 0.156. The van der Waals surface area contributed by atoms with Gasteiger partial charge < -0.3 is 14.2 Å². The van der Waals surface area contributed by atoms with Crippen LogP contribution in [0.15, 0.2) is 42.5 Å². The fourth-order valence-electron chi connectivity index (χ4n) is 3.22. The van der Waals surface area contributed by atoms with Crippen molar-refractivity contribution in [3.05, 3.63) is 48.0 Å². The zero-order valence-electron chi connectivity index (χ0n) is 15.6. The van der Waals surface area contributed by atoms with Crippen molar-refractivity contribution in [2.24, 2.45) is 0 Å². The first-order valence-corrected chi connectivity index (χ1v) is 9.04. The van der Waals surface area contributed by atoms with Crippen molar-refractivity contribution in [3.63, 3.8) is 0 Å². The smallest absolute Gasteiger partial charge is 0.265 e. The molecule has 0 saturated carbocycles. The number of carbonyl (C=O) groups excluding carboxylic acids is 3. The van der Waals surface area contributed by atoms with Gasteiger partial charge in [-0.25, -0.2) is 10.3 Å². The molecule has 9 heteroatoms. The number of fused-ring (bicyclic) bond motifs is 1. The summed E-state index contributed by atoms with van der Waals surface area (Å²) in [6.07, 6.45) is -0.0850. The van der Waals surface area contributed by atoms with Crippen LogP contribution in [0.5, 0.6) is 17.2 Å². The van der Waals surface area contributed by atoms with Crippen LogP contribution in [0.25, 0.3) is 0 Å². The monoisotopic (exact) mass is 397 g/mol. The molecule has 2 aliphatic rings. The molecule has 2 aromatic rings. The molecule has 0 spiro atoms. The third-order valence-electron chi connectivity index (χ3n) is 4.64. The number of hydrogen-bond donors (Lipinski definition) is 2. The molecule has 9 nitrogen and oxygen atoms in total. The van der Waals surface area contributed by atoms with E-state index in [0.717, 1.165) is 4.90 Å². The van der Waals surface area contributed by atoms with E-state index in [9.17, 15) is 14.4 Å². The maximum atomic E-state index is 12.7. The Hall–Kier alpha value is -3.59. The second-order valence-electron chi connectivity index (χ2n) is 6.45. The number of ether oxygens (including phenoxy) is 3. The molecule has 0 aliphatic carbocycles. The normalized spacial score (nSPS) is 18.0. The molecular formula is C20H19N3O6. The van der Waals surface area contributed by atoms with Gasteiger partial charge in [-0.05, 0) is 30.3 Å². The highest BCUT2D eigenvalue weighted by Crippen LogP contribution is 2.32. The number of hydrogen-bond acceptors (Lipinski definition) is 7. The maximum absolute atomic E-state index is 12.7. The standard InChI is InChI=1S/C20H19N3O6/c1-27-15-5-3-2-4-14(15)23-18(24)11-13(20(23)26)21-22-19(25)12-6-7-16-17(10-12)29-9-8-28-16/h2-7,10,13,21H,8-9,11H2,1H3,(H,22,25). The quantitative estimate of drug-likeness (QED) is 0.573. The Morgan fingerprint density at radius 2 is 1.86 bits per heavy atom. The topological polar surface area (TPSA) is 106 Å². The van der Waals surface area contributed by atoms with Crippen molar-refractivity contribution in [1.29, 1.82) is 0 Å². The highest BCUT2D eigenvalue weighted by atomic mass is 16.6. The van der Waals surface area contributed by atoms with Gasteiger partial charge in [0.25, 0.3) is 11.8 Å². The second kappa shape index (κ2) is 7.80. The minimum Gasteiger partial charge on any atom is -0.495 e. The number of nitrogens with zero attached hydrogens (tertiary/aromatic N) is 1. The maximum Gasteiger partial charge on any atom is 0.265 e. The van der Waals surface area contributed by atoms with E-state index in [4.69, 9.17) is 14.2 Å². The van der Waals surface area contributed by atoms with Crippen LogP contribution in [0.1, 0.15) is 16.8 Å². The first kappa shape index (κ1) is 18.8. The molecular weight excluding hydrogens is 378 g/mol. The summed E-state index contributed by atoms with van der Waals surface area (Å²) in [7, 11) is 1.47. The van der Waals surface area contributed by atoms with Crippen LogP contribution in [-0.4, -0.2) is 44.1 Å². The van der Waals surface area contributed by atoms with Gasteiger partial charge in [-0.2, -0.15) is 0 Å². The molecule has 0 radical (unpaired) electrons. The summed E-state index contributed by atoms with van der Waals surface area (Å²) in [6, 6.07) is 10.7. The molecule has 0 bridgehead atoms. The number of imide groups is 1. The number of rotatable bonds is 5. The number of anilines is 1. The molecule has 1 fully saturated rings. The third kappa shape index (κ3) is 3.59. The summed E-state index contributed by atoms with van der Waals surface area (Å²) in [5.41, 5.74) is 5.84. The number of carbonyl (C=O) groups is 3. The number of benzene rings is 2. The minimum atomic E-state index is -0.881. The van der Waals surface area contributed by atoms with Crippen LogP contribution < -0.4 is 30.0 Å². The summed E-state index contributed by atoms with van der Waals surface area (Å²) in [5, 5.41) is 0. The Bertz CT molecular complexity index is 976. The minimum absolute atomic E-state index is 0.0850. The lowest BCUT2D eigenvalue weighted by Gasteiger charge is -2.19. The van der Waals surface area contributed by atoms with Crippen LogP contribution in [-0.2, 0) is 9.59 Å². The number of methoxy groups -OCH3 is 1. The van der Waals surface area contributed by atoms with Crippen molar-refractivity contribution in [1.82, 2.24) is 10.9 Å². The lowest BCUT2D eigenvalue weighted by molar-refractivity contribution is -0.121. The van der Waals surface area contributed by atoms with Gasteiger partial charge in [-0.15, -0.1) is 0 Å². The largest absolute Gasteiger partial charge is 0.495 e. The van der Waals surface area contributed by atoms with E-state index in [1.807, 2.05) is 0 Å². The molecule has 4 rings (SSSR count). The Labute approximate surface area is 166 Å². The van der Waals surface area contributed by atoms with E-state index in [0.29, 0.717) is 41.7 Å². The lowest BCUT2D eigenvalue weighted by atomic mass is 10.2. The fourth-order valence-corrected chi connectivity index (χ4v) is 3.22. The van der Waals surface area contributed by atoms with E-state index >= 15 is 0 Å². The molecule has 2 aromatic carbocycles. The fraction of sp³-hybridized carbons (Fsp3) is 0.250. The van der Waals surface area contributed by atoms with Gasteiger partial charge in [0.1, 0.15) is 25.0 Å². The molecule has 1 saturated heterocycles. The van der Waals surface area contributed by atoms with Crippen molar-refractivity contribution in [2.75, 3.05) is 25.2 Å². The van der Waals surface area contributed by atoms with Crippen molar-refractivity contribution >= 4 is 23.4 Å². The SMILES string of the molecule is COc1ccccc1N1C(=O)CC(NNC(=O)c2ccc3c(c2)OCCO3)C1=O. The first-order valence-electron chi connectivity index (χ1n) is 9.04. The number of nitrogens with one attached hydrogen (secondary N) is 2. The molecule has 1 atom stereocenters. The lowest BCUT2D eigenvalue weighted by Crippen LogP contribution is -2.48. The third-order valence-corrected chi connectivity index (χ3v) is 4.64. The summed E-state index contributed by atoms with van der Waals surface area (Å²) >= 11 is 0. The van der Waals surface area contributed by atoms with E-state index in [-0.39, 0.29) is 12.3 Å². The molecule has 1 unspecified atom stereocenters. The summed E-state index contributed by atoms with van der Waals surface area (Å²) in [6.45, 7) is 0.869. The van der Waals surface area contributed by atoms with Crippen LogP contribution in [0.2, 0.25) is 0 Å². The second-order valence-corrected chi connectivity index (χ2v) is 6.45. The first-order chi connectivity index (χ1) is 14.1. The molecule has 29 heavy (non-hydrogen) atoms. The Morgan fingerprint density at radius 1 is 1.10 bits per heavy atom. The van der Waals surface area contributed by atoms with E-state index < -0.39 is 17.9 Å². The van der Waals surface area contributed by atoms with Crippen molar-refractivity contribution in [3.8, 4) is 17.2 Å². The van der Waals surface area contributed by atoms with Crippen LogP contribution in [0, 0.1) is 0 Å². The number of amides is 3. The predicted molar refractivity (Wildman–Crippen MR) is 102 cm³/mol. The average Bonchev–Trinajstić information content (AvgIpc) is 3.04. The van der Waals surface area contributed by atoms with E-state index in [2.05, 4.69) is 10.9 Å². The van der Waals surface area contributed by atoms with Gasteiger partial charge in [0.15, 0.2) is 11.5 Å². The summed E-state index contributed by atoms with van der Waals surface area (Å²) in [4.78, 5) is 38.6. The molecule has 0 aromatic heterocycles. The average molecular weight is 397 g/mol. The number of para-hydroxylation sites is 2. The van der Waals surface area contributed by atoms with Gasteiger partial charge in [0.05, 0.1) is 19.2 Å². The van der Waals surface area contributed by atoms with Gasteiger partial charge in [0, 0.05) is 5.56 Å². The van der Waals surface area contributed by atoms with Crippen LogP contribution >= 0.6 is 0 Å². The van der Waals surface area contributed by atoms with Crippen LogP contribution in [0.4, 0.5) is 5.69 Å². The zero-order chi connectivity index (χ0) is 20.4. The van der Waals surface area contributed by atoms with Crippen LogP contribution in [0.3, 0.4) is 0 Å². The Kier molecular flexibility index (Phi) is 5.05. The van der Waals surface area contributed by atoms with Crippen molar-refractivity contribution < 1.29 is 28.6 Å². The zero-order valence-corrected chi connectivity index (χ0v) is 15.6. The Balaban J connectivity index is 1.43. The van der Waals surface area contributed by atoms with Crippen molar-refractivity contribution in [2.45, 2.75) is 12.5 Å². The highest BCUT2D eigenvalue weighted by molar-refractivity contribution is 6.23. The van der Waals surface area contributed by atoms with E-state index in [1.54, 1.807) is 42.5 Å². The molecule has 3 amide bonds.